The fourth-order valence-corrected chi connectivity index (χ4v) is 1.38. The molecule has 0 radical (unpaired) electrons. The number of carbonyl (C=O) groups excluding carboxylic acids is 1. The summed E-state index contributed by atoms with van der Waals surface area (Å²) in [6.07, 6.45) is 0.374. The lowest BCUT2D eigenvalue weighted by molar-refractivity contribution is -0.119. The molecule has 4 heteroatoms. The van der Waals surface area contributed by atoms with E-state index in [1.54, 1.807) is 7.05 Å². The van der Waals surface area contributed by atoms with Crippen LogP contribution in [0.1, 0.15) is 12.5 Å². The summed E-state index contributed by atoms with van der Waals surface area (Å²) in [7, 11) is 1.63. The van der Waals surface area contributed by atoms with Gasteiger partial charge in [0.1, 0.15) is 12.4 Å². The molecule has 0 aliphatic heterocycles. The predicted molar refractivity (Wildman–Crippen MR) is 66.2 cm³/mol. The Labute approximate surface area is 102 Å². The minimum Gasteiger partial charge on any atom is -0.491 e. The summed E-state index contributed by atoms with van der Waals surface area (Å²) in [5.41, 5.74) is 0.943. The predicted octanol–water partition coefficient (Wildman–Crippen LogP) is 1.39. The molecule has 1 amide bonds. The van der Waals surface area contributed by atoms with Gasteiger partial charge in [-0.3, -0.25) is 4.79 Å². The molecule has 1 aromatic rings. The maximum atomic E-state index is 11.2. The number of likely N-dealkylation sites (N-methyl/N-ethyl adjacent to an activating group) is 1. The summed E-state index contributed by atoms with van der Waals surface area (Å²) in [6.45, 7) is 3.75. The van der Waals surface area contributed by atoms with Gasteiger partial charge in [-0.1, -0.05) is 12.1 Å². The number of benzene rings is 1. The van der Waals surface area contributed by atoms with E-state index in [9.17, 15) is 4.79 Å². The molecule has 0 bridgehead atoms. The Hall–Kier alpha value is -1.55. The van der Waals surface area contributed by atoms with Gasteiger partial charge in [-0.05, 0) is 24.6 Å². The van der Waals surface area contributed by atoms with Crippen molar-refractivity contribution >= 4 is 5.91 Å². The molecule has 0 aromatic heterocycles. The average Bonchev–Trinajstić information content (AvgIpc) is 2.35. The van der Waals surface area contributed by atoms with Crippen LogP contribution in [0.2, 0.25) is 0 Å². The molecular weight excluding hydrogens is 218 g/mol. The molecule has 1 aromatic carbocycles. The van der Waals surface area contributed by atoms with Crippen LogP contribution in [0.3, 0.4) is 0 Å². The summed E-state index contributed by atoms with van der Waals surface area (Å²) < 4.78 is 10.7. The van der Waals surface area contributed by atoms with E-state index in [0.29, 0.717) is 26.2 Å². The Morgan fingerprint density at radius 2 is 2.18 bits per heavy atom. The molecule has 0 saturated carbocycles. The van der Waals surface area contributed by atoms with Crippen LogP contribution in [-0.4, -0.2) is 32.8 Å². The molecule has 0 fully saturated rings. The van der Waals surface area contributed by atoms with Gasteiger partial charge in [0.15, 0.2) is 0 Å². The molecule has 1 N–H and O–H groups in total. The molecule has 0 aliphatic carbocycles. The van der Waals surface area contributed by atoms with Crippen LogP contribution < -0.4 is 10.1 Å². The van der Waals surface area contributed by atoms with Gasteiger partial charge >= 0.3 is 0 Å². The molecule has 0 atom stereocenters. The number of hydrogen-bond donors (Lipinski definition) is 1. The minimum absolute atomic E-state index is 0.00327. The highest BCUT2D eigenvalue weighted by Gasteiger charge is 2.02. The minimum atomic E-state index is -0.00327. The number of ether oxygens (including phenoxy) is 2. The van der Waals surface area contributed by atoms with E-state index in [2.05, 4.69) is 5.32 Å². The van der Waals surface area contributed by atoms with Crippen molar-refractivity contribution in [3.63, 3.8) is 0 Å². The van der Waals surface area contributed by atoms with Gasteiger partial charge in [0.25, 0.3) is 0 Å². The van der Waals surface area contributed by atoms with E-state index in [0.717, 1.165) is 11.3 Å². The van der Waals surface area contributed by atoms with Gasteiger partial charge < -0.3 is 14.8 Å². The highest BCUT2D eigenvalue weighted by molar-refractivity contribution is 5.78. The SMILES string of the molecule is CCOCCOc1cccc(CC(=O)NC)c1. The van der Waals surface area contributed by atoms with Crippen molar-refractivity contribution in [2.75, 3.05) is 26.9 Å². The summed E-state index contributed by atoms with van der Waals surface area (Å²) in [5.74, 6) is 0.766. The van der Waals surface area contributed by atoms with E-state index in [4.69, 9.17) is 9.47 Å². The van der Waals surface area contributed by atoms with Gasteiger partial charge in [0.05, 0.1) is 13.0 Å². The smallest absolute Gasteiger partial charge is 0.224 e. The second kappa shape index (κ2) is 7.68. The van der Waals surface area contributed by atoms with Gasteiger partial charge in [-0.25, -0.2) is 0 Å². The van der Waals surface area contributed by atoms with E-state index in [1.165, 1.54) is 0 Å². The highest BCUT2D eigenvalue weighted by atomic mass is 16.5. The molecule has 0 unspecified atom stereocenters. The van der Waals surface area contributed by atoms with E-state index >= 15 is 0 Å². The number of rotatable bonds is 7. The van der Waals surface area contributed by atoms with Crippen molar-refractivity contribution in [3.8, 4) is 5.75 Å². The third kappa shape index (κ3) is 5.36. The molecule has 1 rings (SSSR count). The zero-order valence-corrected chi connectivity index (χ0v) is 10.4. The van der Waals surface area contributed by atoms with Crippen molar-refractivity contribution in [1.82, 2.24) is 5.32 Å². The van der Waals surface area contributed by atoms with Crippen LogP contribution in [0, 0.1) is 0 Å². The third-order valence-electron chi connectivity index (χ3n) is 2.24. The Morgan fingerprint density at radius 3 is 2.88 bits per heavy atom. The number of hydrogen-bond acceptors (Lipinski definition) is 3. The Balaban J connectivity index is 2.45. The molecule has 94 valence electrons. The Morgan fingerprint density at radius 1 is 1.35 bits per heavy atom. The topological polar surface area (TPSA) is 47.6 Å². The van der Waals surface area contributed by atoms with Crippen molar-refractivity contribution in [3.05, 3.63) is 29.8 Å². The highest BCUT2D eigenvalue weighted by Crippen LogP contribution is 2.13. The lowest BCUT2D eigenvalue weighted by Gasteiger charge is -2.07. The summed E-state index contributed by atoms with van der Waals surface area (Å²) in [5, 5.41) is 2.59. The second-order valence-corrected chi connectivity index (χ2v) is 3.54. The van der Waals surface area contributed by atoms with Crippen molar-refractivity contribution in [2.24, 2.45) is 0 Å². The van der Waals surface area contributed by atoms with Crippen molar-refractivity contribution in [2.45, 2.75) is 13.3 Å². The van der Waals surface area contributed by atoms with Gasteiger partial charge in [-0.2, -0.15) is 0 Å². The fraction of sp³-hybridized carbons (Fsp3) is 0.462. The third-order valence-corrected chi connectivity index (χ3v) is 2.24. The zero-order valence-electron chi connectivity index (χ0n) is 10.4. The molecule has 4 nitrogen and oxygen atoms in total. The largest absolute Gasteiger partial charge is 0.491 e. The van der Waals surface area contributed by atoms with Crippen molar-refractivity contribution in [1.29, 1.82) is 0 Å². The van der Waals surface area contributed by atoms with E-state index in [1.807, 2.05) is 31.2 Å². The number of nitrogens with one attached hydrogen (secondary N) is 1. The average molecular weight is 237 g/mol. The lowest BCUT2D eigenvalue weighted by Crippen LogP contribution is -2.19. The van der Waals surface area contributed by atoms with Crippen LogP contribution in [-0.2, 0) is 16.0 Å². The summed E-state index contributed by atoms with van der Waals surface area (Å²) >= 11 is 0. The van der Waals surface area contributed by atoms with Crippen LogP contribution in [0.25, 0.3) is 0 Å². The van der Waals surface area contributed by atoms with Gasteiger partial charge in [0, 0.05) is 13.7 Å². The molecule has 0 aliphatic rings. The van der Waals surface area contributed by atoms with Crippen LogP contribution in [0.15, 0.2) is 24.3 Å². The number of amides is 1. The molecule has 0 spiro atoms. The first-order valence-corrected chi connectivity index (χ1v) is 5.76. The van der Waals surface area contributed by atoms with Crippen LogP contribution >= 0.6 is 0 Å². The molecule has 0 saturated heterocycles. The van der Waals surface area contributed by atoms with Crippen LogP contribution in [0.4, 0.5) is 0 Å². The van der Waals surface area contributed by atoms with Gasteiger partial charge in [-0.15, -0.1) is 0 Å². The molecule has 0 heterocycles. The Kier molecular flexibility index (Phi) is 6.10. The van der Waals surface area contributed by atoms with Crippen molar-refractivity contribution < 1.29 is 14.3 Å². The first-order valence-electron chi connectivity index (χ1n) is 5.76. The first-order chi connectivity index (χ1) is 8.26. The standard InChI is InChI=1S/C13H19NO3/c1-3-16-7-8-17-12-6-4-5-11(9-12)10-13(15)14-2/h4-6,9H,3,7-8,10H2,1-2H3,(H,14,15). The van der Waals surface area contributed by atoms with E-state index in [-0.39, 0.29) is 5.91 Å². The lowest BCUT2D eigenvalue weighted by atomic mass is 10.1. The molecule has 17 heavy (non-hydrogen) atoms. The quantitative estimate of drug-likeness (QED) is 0.729. The van der Waals surface area contributed by atoms with Gasteiger partial charge in [0.2, 0.25) is 5.91 Å². The maximum absolute atomic E-state index is 11.2. The van der Waals surface area contributed by atoms with Crippen LogP contribution in [0.5, 0.6) is 5.75 Å². The second-order valence-electron chi connectivity index (χ2n) is 3.54. The Bertz CT molecular complexity index is 352. The summed E-state index contributed by atoms with van der Waals surface area (Å²) in [6, 6.07) is 7.54. The summed E-state index contributed by atoms with van der Waals surface area (Å²) in [4.78, 5) is 11.2. The molecular formula is C13H19NO3. The van der Waals surface area contributed by atoms with E-state index < -0.39 is 0 Å². The normalized spacial score (nSPS) is 10.0. The monoisotopic (exact) mass is 237 g/mol. The fourth-order valence-electron chi connectivity index (χ4n) is 1.38. The maximum Gasteiger partial charge on any atom is 0.224 e. The first kappa shape index (κ1) is 13.5. The zero-order chi connectivity index (χ0) is 12.5. The number of carbonyl (C=O) groups is 1.